The molecule has 0 atom stereocenters. The van der Waals surface area contributed by atoms with E-state index in [0.29, 0.717) is 24.3 Å². The zero-order valence-electron chi connectivity index (χ0n) is 10.9. The third-order valence-electron chi connectivity index (χ3n) is 3.25. The van der Waals surface area contributed by atoms with E-state index in [9.17, 15) is 4.79 Å². The Bertz CT molecular complexity index is 678. The lowest BCUT2D eigenvalue weighted by Crippen LogP contribution is -2.51. The van der Waals surface area contributed by atoms with E-state index in [-0.39, 0.29) is 11.9 Å². The van der Waals surface area contributed by atoms with Gasteiger partial charge in [-0.05, 0) is 6.92 Å². The molecule has 1 amide bonds. The molecule has 1 fully saturated rings. The summed E-state index contributed by atoms with van der Waals surface area (Å²) in [4.78, 5) is 22.0. The van der Waals surface area contributed by atoms with Gasteiger partial charge in [0.05, 0.1) is 29.7 Å². The average molecular weight is 268 g/mol. The van der Waals surface area contributed by atoms with Crippen LogP contribution in [0.4, 0.5) is 0 Å². The number of nitriles is 1. The van der Waals surface area contributed by atoms with Gasteiger partial charge in [-0.2, -0.15) is 10.4 Å². The molecule has 1 saturated heterocycles. The highest BCUT2D eigenvalue weighted by Gasteiger charge is 2.33. The molecule has 1 aliphatic heterocycles. The lowest BCUT2D eigenvalue weighted by Gasteiger charge is -2.38. The minimum absolute atomic E-state index is 0.124. The Morgan fingerprint density at radius 3 is 2.75 bits per heavy atom. The van der Waals surface area contributed by atoms with Crippen molar-refractivity contribution in [1.29, 1.82) is 5.26 Å². The van der Waals surface area contributed by atoms with Crippen LogP contribution in [0, 0.1) is 18.3 Å². The SMILES string of the molecule is Cc1cnc(C(=O)N2CC(n3cc(C#N)cn3)C2)cn1. The Morgan fingerprint density at radius 2 is 2.15 bits per heavy atom. The molecule has 0 bridgehead atoms. The number of hydrogen-bond acceptors (Lipinski definition) is 5. The van der Waals surface area contributed by atoms with Gasteiger partial charge in [0, 0.05) is 25.5 Å². The Labute approximate surface area is 115 Å². The number of amides is 1. The Kier molecular flexibility index (Phi) is 2.91. The summed E-state index contributed by atoms with van der Waals surface area (Å²) in [7, 11) is 0. The lowest BCUT2D eigenvalue weighted by atomic mass is 10.1. The summed E-state index contributed by atoms with van der Waals surface area (Å²) in [6, 6.07) is 2.16. The first-order valence-corrected chi connectivity index (χ1v) is 6.19. The lowest BCUT2D eigenvalue weighted by molar-refractivity contribution is 0.0495. The van der Waals surface area contributed by atoms with E-state index in [4.69, 9.17) is 5.26 Å². The van der Waals surface area contributed by atoms with Crippen LogP contribution >= 0.6 is 0 Å². The van der Waals surface area contributed by atoms with E-state index in [0.717, 1.165) is 5.69 Å². The summed E-state index contributed by atoms with van der Waals surface area (Å²) in [5, 5.41) is 12.9. The Morgan fingerprint density at radius 1 is 1.35 bits per heavy atom. The molecule has 3 rings (SSSR count). The van der Waals surface area contributed by atoms with Crippen molar-refractivity contribution in [1.82, 2.24) is 24.6 Å². The number of rotatable bonds is 2. The maximum atomic E-state index is 12.1. The quantitative estimate of drug-likeness (QED) is 0.793. The second kappa shape index (κ2) is 4.74. The maximum Gasteiger partial charge on any atom is 0.274 e. The van der Waals surface area contributed by atoms with Crippen molar-refractivity contribution < 1.29 is 4.79 Å². The van der Waals surface area contributed by atoms with Crippen LogP contribution in [-0.2, 0) is 0 Å². The van der Waals surface area contributed by atoms with Crippen molar-refractivity contribution in [2.45, 2.75) is 13.0 Å². The van der Waals surface area contributed by atoms with Crippen molar-refractivity contribution in [3.05, 3.63) is 41.7 Å². The molecule has 0 saturated carbocycles. The van der Waals surface area contributed by atoms with Crippen LogP contribution in [0.2, 0.25) is 0 Å². The van der Waals surface area contributed by atoms with Crippen LogP contribution in [0.15, 0.2) is 24.8 Å². The van der Waals surface area contributed by atoms with E-state index >= 15 is 0 Å². The number of aryl methyl sites for hydroxylation is 1. The molecule has 2 aromatic rings. The van der Waals surface area contributed by atoms with E-state index in [1.165, 1.54) is 12.4 Å². The van der Waals surface area contributed by atoms with E-state index in [1.807, 2.05) is 13.0 Å². The second-order valence-corrected chi connectivity index (χ2v) is 4.73. The van der Waals surface area contributed by atoms with Gasteiger partial charge in [0.1, 0.15) is 11.8 Å². The summed E-state index contributed by atoms with van der Waals surface area (Å²) >= 11 is 0. The largest absolute Gasteiger partial charge is 0.333 e. The highest BCUT2D eigenvalue weighted by molar-refractivity contribution is 5.92. The third kappa shape index (κ3) is 2.12. The molecule has 0 spiro atoms. The molecule has 2 aromatic heterocycles. The Hall–Kier alpha value is -2.75. The van der Waals surface area contributed by atoms with Gasteiger partial charge in [-0.1, -0.05) is 0 Å². The van der Waals surface area contributed by atoms with Crippen LogP contribution in [-0.4, -0.2) is 43.6 Å². The normalized spacial score (nSPS) is 14.7. The van der Waals surface area contributed by atoms with Gasteiger partial charge in [-0.25, -0.2) is 4.98 Å². The number of carbonyl (C=O) groups excluding carboxylic acids is 1. The van der Waals surface area contributed by atoms with Crippen molar-refractivity contribution >= 4 is 5.91 Å². The van der Waals surface area contributed by atoms with Gasteiger partial charge in [-0.15, -0.1) is 0 Å². The summed E-state index contributed by atoms with van der Waals surface area (Å²) in [5.41, 5.74) is 1.66. The first kappa shape index (κ1) is 12.3. The fourth-order valence-corrected chi connectivity index (χ4v) is 2.05. The average Bonchev–Trinajstić information content (AvgIpc) is 2.86. The minimum atomic E-state index is -0.124. The number of nitrogens with zero attached hydrogens (tertiary/aromatic N) is 6. The molecular formula is C13H12N6O. The molecule has 0 radical (unpaired) electrons. The molecule has 20 heavy (non-hydrogen) atoms. The number of likely N-dealkylation sites (tertiary alicyclic amines) is 1. The molecule has 7 heteroatoms. The van der Waals surface area contributed by atoms with Crippen LogP contribution in [0.1, 0.15) is 27.8 Å². The molecule has 0 aromatic carbocycles. The van der Waals surface area contributed by atoms with E-state index in [2.05, 4.69) is 15.1 Å². The van der Waals surface area contributed by atoms with Gasteiger partial charge in [0.2, 0.25) is 0 Å². The molecule has 7 nitrogen and oxygen atoms in total. The molecule has 0 N–H and O–H groups in total. The van der Waals surface area contributed by atoms with Crippen molar-refractivity contribution in [2.24, 2.45) is 0 Å². The van der Waals surface area contributed by atoms with E-state index in [1.54, 1.807) is 22.0 Å². The van der Waals surface area contributed by atoms with E-state index < -0.39 is 0 Å². The zero-order valence-corrected chi connectivity index (χ0v) is 10.9. The number of carbonyl (C=O) groups is 1. The van der Waals surface area contributed by atoms with Crippen LogP contribution in [0.5, 0.6) is 0 Å². The predicted molar refractivity (Wildman–Crippen MR) is 68.7 cm³/mol. The number of hydrogen-bond donors (Lipinski definition) is 0. The monoisotopic (exact) mass is 268 g/mol. The third-order valence-corrected chi connectivity index (χ3v) is 3.25. The first-order chi connectivity index (χ1) is 9.67. The van der Waals surface area contributed by atoms with Gasteiger partial charge in [0.25, 0.3) is 5.91 Å². The van der Waals surface area contributed by atoms with Crippen molar-refractivity contribution in [3.8, 4) is 6.07 Å². The highest BCUT2D eigenvalue weighted by atomic mass is 16.2. The molecule has 0 unspecified atom stereocenters. The minimum Gasteiger partial charge on any atom is -0.333 e. The van der Waals surface area contributed by atoms with Crippen LogP contribution < -0.4 is 0 Å². The van der Waals surface area contributed by atoms with Gasteiger partial charge >= 0.3 is 0 Å². The van der Waals surface area contributed by atoms with Crippen molar-refractivity contribution in [2.75, 3.05) is 13.1 Å². The topological polar surface area (TPSA) is 87.7 Å². The summed E-state index contributed by atoms with van der Waals surface area (Å²) in [6.45, 7) is 2.97. The van der Waals surface area contributed by atoms with Gasteiger partial charge < -0.3 is 4.90 Å². The van der Waals surface area contributed by atoms with Crippen molar-refractivity contribution in [3.63, 3.8) is 0 Å². The van der Waals surface area contributed by atoms with Crippen LogP contribution in [0.3, 0.4) is 0 Å². The fraction of sp³-hybridized carbons (Fsp3) is 0.308. The summed E-state index contributed by atoms with van der Waals surface area (Å²) in [5.74, 6) is -0.124. The molecule has 100 valence electrons. The smallest absolute Gasteiger partial charge is 0.274 e. The Balaban J connectivity index is 1.64. The van der Waals surface area contributed by atoms with Gasteiger partial charge in [0.15, 0.2) is 0 Å². The molecule has 1 aliphatic rings. The predicted octanol–water partition coefficient (Wildman–Crippen LogP) is 0.550. The van der Waals surface area contributed by atoms with Crippen LogP contribution in [0.25, 0.3) is 0 Å². The van der Waals surface area contributed by atoms with Gasteiger partial charge in [-0.3, -0.25) is 14.5 Å². The molecular weight excluding hydrogens is 256 g/mol. The maximum absolute atomic E-state index is 12.1. The summed E-state index contributed by atoms with van der Waals surface area (Å²) in [6.07, 6.45) is 6.29. The summed E-state index contributed by atoms with van der Waals surface area (Å²) < 4.78 is 1.73. The first-order valence-electron chi connectivity index (χ1n) is 6.19. The standard InChI is InChI=1S/C13H12N6O/c1-9-3-16-12(5-15-9)13(20)18-7-11(8-18)19-6-10(2-14)4-17-19/h3-6,11H,7-8H2,1H3. The number of aromatic nitrogens is 4. The fourth-order valence-electron chi connectivity index (χ4n) is 2.05. The molecule has 0 aliphatic carbocycles. The second-order valence-electron chi connectivity index (χ2n) is 4.73. The zero-order chi connectivity index (χ0) is 14.1. The highest BCUT2D eigenvalue weighted by Crippen LogP contribution is 2.22. The molecule has 3 heterocycles.